The van der Waals surface area contributed by atoms with Gasteiger partial charge in [-0.2, -0.15) is 0 Å². The Balaban J connectivity index is 1.08. The van der Waals surface area contributed by atoms with Gasteiger partial charge in [-0.1, -0.05) is 38.6 Å². The van der Waals surface area contributed by atoms with Crippen LogP contribution in [0.15, 0.2) is 111 Å². The first-order valence-corrected chi connectivity index (χ1v) is 21.6. The van der Waals surface area contributed by atoms with E-state index in [4.69, 9.17) is 18.9 Å². The van der Waals surface area contributed by atoms with E-state index < -0.39 is 0 Å². The molecule has 0 N–H and O–H groups in total. The fraction of sp³-hybridized carbons (Fsp3) is 0.333. The predicted molar refractivity (Wildman–Crippen MR) is 227 cm³/mol. The summed E-state index contributed by atoms with van der Waals surface area (Å²) in [4.78, 5) is 9.52. The van der Waals surface area contributed by atoms with Crippen LogP contribution >= 0.6 is 35.3 Å². The summed E-state index contributed by atoms with van der Waals surface area (Å²) >= 11 is 5.28. The molecule has 0 spiro atoms. The third-order valence-electron chi connectivity index (χ3n) is 9.49. The number of thioether (sulfide) groups is 2. The van der Waals surface area contributed by atoms with Gasteiger partial charge in [0.1, 0.15) is 34.3 Å². The number of fused-ring (bicyclic) bond motifs is 2. The van der Waals surface area contributed by atoms with Crippen LogP contribution in [0.3, 0.4) is 0 Å². The highest BCUT2D eigenvalue weighted by Crippen LogP contribution is 2.47. The Labute approximate surface area is 333 Å². The number of hydrogen-bond acceptors (Lipinski definition) is 9. The maximum atomic E-state index is 6.39. The molecule has 54 heavy (non-hydrogen) atoms. The lowest BCUT2D eigenvalue weighted by Gasteiger charge is -2.37. The number of ether oxygens (including phenoxy) is 4. The number of rotatable bonds is 9. The Hall–Kier alpha value is -4.05. The fourth-order valence-electron chi connectivity index (χ4n) is 6.89. The minimum Gasteiger partial charge on any atom is -0.488 e. The summed E-state index contributed by atoms with van der Waals surface area (Å²) in [6.07, 6.45) is 4.32. The molecule has 0 saturated heterocycles. The fourth-order valence-corrected chi connectivity index (χ4v) is 9.20. The molecule has 0 fully saturated rings. The zero-order chi connectivity index (χ0) is 38.2. The first-order chi connectivity index (χ1) is 25.8. The molecule has 0 aromatic heterocycles. The molecule has 0 aliphatic carbocycles. The smallest absolute Gasteiger partial charge is 0.161 e. The molecule has 0 radical (unpaired) electrons. The van der Waals surface area contributed by atoms with E-state index >= 15 is 0 Å². The standard InChI is InChI=1S/C45H50N2O4S3/c1-29-42(46-25-30-22-32(44(2,3)4)10-20-38(30)48-27-46)40(52-8)24-41(53-9)43(29)47-26-31-23-35(15-21-39(31)49-28-47)50-33-11-16-36(17-12-33)54-37-18-13-34(14-19-37)51-45(5,6)7/h10-24H,25-28H2,1-9H3. The first kappa shape index (κ1) is 38.2. The van der Waals surface area contributed by atoms with Crippen LogP contribution in [0.4, 0.5) is 11.4 Å². The molecule has 9 heteroatoms. The molecule has 5 aromatic rings. The van der Waals surface area contributed by atoms with Gasteiger partial charge in [-0.15, -0.1) is 23.5 Å². The first-order valence-electron chi connectivity index (χ1n) is 18.3. The van der Waals surface area contributed by atoms with E-state index in [1.807, 2.05) is 36.4 Å². The zero-order valence-electron chi connectivity index (χ0n) is 32.7. The van der Waals surface area contributed by atoms with E-state index in [1.54, 1.807) is 35.3 Å². The number of anilines is 2. The van der Waals surface area contributed by atoms with E-state index in [-0.39, 0.29) is 11.0 Å². The predicted octanol–water partition coefficient (Wildman–Crippen LogP) is 12.6. The summed E-state index contributed by atoms with van der Waals surface area (Å²) in [5.74, 6) is 4.32. The second-order valence-corrected chi connectivity index (χ2v) is 18.6. The van der Waals surface area contributed by atoms with Gasteiger partial charge >= 0.3 is 0 Å². The van der Waals surface area contributed by atoms with Crippen LogP contribution in [-0.4, -0.2) is 31.6 Å². The van der Waals surface area contributed by atoms with Crippen molar-refractivity contribution in [3.63, 3.8) is 0 Å². The maximum absolute atomic E-state index is 6.39. The molecule has 0 amide bonds. The zero-order valence-corrected chi connectivity index (χ0v) is 35.2. The van der Waals surface area contributed by atoms with E-state index in [0.717, 1.165) is 50.6 Å². The third-order valence-corrected chi connectivity index (χ3v) is 12.0. The highest BCUT2D eigenvalue weighted by molar-refractivity contribution is 7.99. The summed E-state index contributed by atoms with van der Waals surface area (Å²) < 4.78 is 25.1. The molecule has 6 nitrogen and oxygen atoms in total. The van der Waals surface area contributed by atoms with E-state index in [9.17, 15) is 0 Å². The van der Waals surface area contributed by atoms with Gasteiger partial charge in [0.25, 0.3) is 0 Å². The van der Waals surface area contributed by atoms with Crippen LogP contribution in [0.5, 0.6) is 28.7 Å². The van der Waals surface area contributed by atoms with Crippen molar-refractivity contribution in [1.82, 2.24) is 0 Å². The van der Waals surface area contributed by atoms with Crippen LogP contribution in [-0.2, 0) is 18.5 Å². The monoisotopic (exact) mass is 778 g/mol. The summed E-state index contributed by atoms with van der Waals surface area (Å²) in [7, 11) is 0. The van der Waals surface area contributed by atoms with Crippen LogP contribution in [0.2, 0.25) is 0 Å². The van der Waals surface area contributed by atoms with Crippen LogP contribution < -0.4 is 28.7 Å². The molecule has 0 saturated carbocycles. The lowest BCUT2D eigenvalue weighted by molar-refractivity contribution is 0.131. The molecule has 0 unspecified atom stereocenters. The van der Waals surface area contributed by atoms with E-state index in [1.165, 1.54) is 37.9 Å². The van der Waals surface area contributed by atoms with Crippen LogP contribution in [0.1, 0.15) is 63.8 Å². The minimum atomic E-state index is -0.218. The van der Waals surface area contributed by atoms with Gasteiger partial charge in [-0.3, -0.25) is 0 Å². The van der Waals surface area contributed by atoms with E-state index in [0.29, 0.717) is 20.0 Å². The van der Waals surface area contributed by atoms with Crippen molar-refractivity contribution in [2.75, 3.05) is 35.8 Å². The summed E-state index contributed by atoms with van der Waals surface area (Å²) in [6, 6.07) is 31.6. The number of hydrogen-bond donors (Lipinski definition) is 0. The van der Waals surface area contributed by atoms with Gasteiger partial charge in [-0.25, -0.2) is 0 Å². The van der Waals surface area contributed by atoms with Crippen LogP contribution in [0.25, 0.3) is 0 Å². The second-order valence-electron chi connectivity index (χ2n) is 15.7. The van der Waals surface area contributed by atoms with Crippen molar-refractivity contribution < 1.29 is 18.9 Å². The average molecular weight is 779 g/mol. The second kappa shape index (κ2) is 15.6. The highest BCUT2D eigenvalue weighted by Gasteiger charge is 2.29. The molecular weight excluding hydrogens is 729 g/mol. The third kappa shape index (κ3) is 8.59. The van der Waals surface area contributed by atoms with Crippen molar-refractivity contribution in [1.29, 1.82) is 0 Å². The SMILES string of the molecule is CSc1cc(SC)c(N2COc3ccc(C(C)(C)C)cc3C2)c(C)c1N1COc2ccc(Oc3ccc(Sc4ccc(OC(C)(C)C)cc4)cc3)cc2C1. The van der Waals surface area contributed by atoms with Crippen molar-refractivity contribution in [3.8, 4) is 28.7 Å². The molecular formula is C45H50N2O4S3. The molecule has 0 bridgehead atoms. The number of nitrogens with zero attached hydrogens (tertiary/aromatic N) is 2. The van der Waals surface area contributed by atoms with Crippen molar-refractivity contribution >= 4 is 46.7 Å². The Bertz CT molecular complexity index is 2120. The molecule has 2 aliphatic heterocycles. The van der Waals surface area contributed by atoms with Crippen LogP contribution in [0, 0.1) is 6.92 Å². The lowest BCUT2D eigenvalue weighted by atomic mass is 9.86. The van der Waals surface area contributed by atoms with Gasteiger partial charge < -0.3 is 28.7 Å². The molecule has 5 aromatic carbocycles. The normalized spacial score (nSPS) is 14.2. The summed E-state index contributed by atoms with van der Waals surface area (Å²) in [5, 5.41) is 0. The lowest BCUT2D eigenvalue weighted by Crippen LogP contribution is -2.35. The average Bonchev–Trinajstić information content (AvgIpc) is 3.14. The van der Waals surface area contributed by atoms with E-state index in [2.05, 4.69) is 125 Å². The minimum absolute atomic E-state index is 0.0699. The van der Waals surface area contributed by atoms with Crippen molar-refractivity contribution in [2.45, 2.75) is 92.2 Å². The topological polar surface area (TPSA) is 43.4 Å². The Morgan fingerprint density at radius 3 is 1.61 bits per heavy atom. The largest absolute Gasteiger partial charge is 0.488 e. The summed E-state index contributed by atoms with van der Waals surface area (Å²) in [6.45, 7) is 17.7. The van der Waals surface area contributed by atoms with Gasteiger partial charge in [0.05, 0.1) is 17.9 Å². The van der Waals surface area contributed by atoms with Gasteiger partial charge in [-0.05, 0) is 142 Å². The Morgan fingerprint density at radius 1 is 0.593 bits per heavy atom. The van der Waals surface area contributed by atoms with Crippen molar-refractivity contribution in [3.05, 3.63) is 113 Å². The Morgan fingerprint density at radius 2 is 1.09 bits per heavy atom. The number of benzene rings is 5. The highest BCUT2D eigenvalue weighted by atomic mass is 32.2. The molecule has 2 aliphatic rings. The maximum Gasteiger partial charge on any atom is 0.161 e. The molecule has 2 heterocycles. The Kier molecular flexibility index (Phi) is 11.0. The molecule has 282 valence electrons. The van der Waals surface area contributed by atoms with Gasteiger partial charge in [0.15, 0.2) is 13.5 Å². The van der Waals surface area contributed by atoms with Gasteiger partial charge in [0, 0.05) is 37.3 Å². The quantitative estimate of drug-likeness (QED) is 0.136. The van der Waals surface area contributed by atoms with Gasteiger partial charge in [0.2, 0.25) is 0 Å². The summed E-state index contributed by atoms with van der Waals surface area (Å²) in [5.41, 5.74) is 7.14. The molecule has 0 atom stereocenters. The van der Waals surface area contributed by atoms with Crippen molar-refractivity contribution in [2.24, 2.45) is 0 Å². The molecule has 7 rings (SSSR count).